The summed E-state index contributed by atoms with van der Waals surface area (Å²) in [6.07, 6.45) is 4.24. The maximum absolute atomic E-state index is 11.8. The SMILES string of the molecule is CCCCSC1=C(C(=O)O)S/C(=c2\sc(=S)/c(=C3\SC(SCCCC)=C(C(=O)O)S3)s2)S1. The Morgan fingerprint density at radius 3 is 1.81 bits per heavy atom. The zero-order chi connectivity index (χ0) is 23.3. The molecule has 1 aromatic heterocycles. The highest BCUT2D eigenvalue weighted by Crippen LogP contribution is 2.55. The first-order valence-electron chi connectivity index (χ1n) is 9.66. The van der Waals surface area contributed by atoms with Crippen molar-refractivity contribution in [2.75, 3.05) is 11.5 Å². The maximum atomic E-state index is 11.8. The Morgan fingerprint density at radius 2 is 1.31 bits per heavy atom. The van der Waals surface area contributed by atoms with Crippen LogP contribution >= 0.6 is 105 Å². The van der Waals surface area contributed by atoms with E-state index in [9.17, 15) is 19.8 Å². The van der Waals surface area contributed by atoms with E-state index in [1.807, 2.05) is 0 Å². The summed E-state index contributed by atoms with van der Waals surface area (Å²) in [5.41, 5.74) is 0. The molecule has 0 aliphatic carbocycles. The molecular formula is C19H20O4S9. The van der Waals surface area contributed by atoms with Crippen molar-refractivity contribution in [2.24, 2.45) is 0 Å². The van der Waals surface area contributed by atoms with E-state index in [4.69, 9.17) is 12.2 Å². The van der Waals surface area contributed by atoms with Gasteiger partial charge in [-0.25, -0.2) is 9.59 Å². The van der Waals surface area contributed by atoms with E-state index in [-0.39, 0.29) is 0 Å². The summed E-state index contributed by atoms with van der Waals surface area (Å²) < 4.78 is 6.17. The van der Waals surface area contributed by atoms with E-state index in [2.05, 4.69) is 13.8 Å². The third kappa shape index (κ3) is 6.81. The molecule has 4 nitrogen and oxygen atoms in total. The molecule has 0 aromatic carbocycles. The highest BCUT2D eigenvalue weighted by Gasteiger charge is 2.29. The first kappa shape index (κ1) is 27.1. The minimum absolute atomic E-state index is 0.377. The predicted molar refractivity (Wildman–Crippen MR) is 154 cm³/mol. The molecule has 0 fully saturated rings. The van der Waals surface area contributed by atoms with Gasteiger partial charge in [0.05, 0.1) is 21.5 Å². The maximum Gasteiger partial charge on any atom is 0.344 e. The summed E-state index contributed by atoms with van der Waals surface area (Å²) in [7, 11) is 0. The molecule has 32 heavy (non-hydrogen) atoms. The fourth-order valence-corrected chi connectivity index (χ4v) is 14.4. The highest BCUT2D eigenvalue weighted by molar-refractivity contribution is 8.42. The van der Waals surface area contributed by atoms with E-state index in [0.29, 0.717) is 9.81 Å². The minimum atomic E-state index is -0.900. The van der Waals surface area contributed by atoms with E-state index in [1.54, 1.807) is 34.9 Å². The largest absolute Gasteiger partial charge is 0.477 e. The summed E-state index contributed by atoms with van der Waals surface area (Å²) in [6.45, 7) is 4.24. The number of unbranched alkanes of at least 4 members (excludes halogenated alkanes) is 2. The van der Waals surface area contributed by atoms with Gasteiger partial charge >= 0.3 is 11.9 Å². The Bertz CT molecular complexity index is 1140. The molecule has 2 N–H and O–H groups in total. The molecule has 2 aliphatic heterocycles. The smallest absolute Gasteiger partial charge is 0.344 e. The van der Waals surface area contributed by atoms with Gasteiger partial charge in [-0.2, -0.15) is 0 Å². The lowest BCUT2D eigenvalue weighted by molar-refractivity contribution is -0.132. The summed E-state index contributed by atoms with van der Waals surface area (Å²) in [5.74, 6) is 0.0123. The number of carboxylic acids is 2. The van der Waals surface area contributed by atoms with E-state index >= 15 is 0 Å². The molecule has 0 unspecified atom stereocenters. The van der Waals surface area contributed by atoms with Gasteiger partial charge in [0.2, 0.25) is 0 Å². The average Bonchev–Trinajstić information content (AvgIpc) is 3.45. The summed E-state index contributed by atoms with van der Waals surface area (Å²) in [5, 5.41) is 19.3. The third-order valence-corrected chi connectivity index (χ3v) is 15.8. The van der Waals surface area contributed by atoms with Gasteiger partial charge in [-0.15, -0.1) is 46.2 Å². The van der Waals surface area contributed by atoms with Crippen molar-refractivity contribution in [3.05, 3.63) is 30.5 Å². The Hall–Kier alpha value is 0.530. The van der Waals surface area contributed by atoms with Gasteiger partial charge in [-0.3, -0.25) is 0 Å². The molecule has 3 heterocycles. The van der Waals surface area contributed by atoms with Crippen molar-refractivity contribution < 1.29 is 19.8 Å². The molecule has 0 saturated carbocycles. The van der Waals surface area contributed by atoms with Gasteiger partial charge in [0, 0.05) is 0 Å². The Labute approximate surface area is 225 Å². The number of rotatable bonds is 10. The molecule has 0 radical (unpaired) electrons. The molecule has 0 saturated heterocycles. The summed E-state index contributed by atoms with van der Waals surface area (Å²) in [4.78, 5) is 24.3. The van der Waals surface area contributed by atoms with E-state index < -0.39 is 11.9 Å². The lowest BCUT2D eigenvalue weighted by Crippen LogP contribution is -1.98. The van der Waals surface area contributed by atoms with Gasteiger partial charge < -0.3 is 10.2 Å². The molecule has 1 aromatic rings. The zero-order valence-electron chi connectivity index (χ0n) is 17.1. The van der Waals surface area contributed by atoms with Crippen molar-refractivity contribution in [3.63, 3.8) is 0 Å². The molecule has 2 aliphatic rings. The third-order valence-electron chi connectivity index (χ3n) is 3.90. The second kappa shape index (κ2) is 13.0. The number of hydrogen-bond acceptors (Lipinski definition) is 11. The van der Waals surface area contributed by atoms with Crippen molar-refractivity contribution >= 4 is 126 Å². The molecule has 0 spiro atoms. The average molecular weight is 601 g/mol. The van der Waals surface area contributed by atoms with Crippen molar-refractivity contribution in [1.29, 1.82) is 0 Å². The lowest BCUT2D eigenvalue weighted by Gasteiger charge is -2.00. The molecule has 0 bridgehead atoms. The zero-order valence-corrected chi connectivity index (χ0v) is 24.5. The fraction of sp³-hybridized carbons (Fsp3) is 0.421. The van der Waals surface area contributed by atoms with E-state index in [0.717, 1.165) is 66.3 Å². The van der Waals surface area contributed by atoms with Crippen LogP contribution in [0.4, 0.5) is 0 Å². The first-order valence-corrected chi connectivity index (χ1v) is 16.9. The van der Waals surface area contributed by atoms with Crippen LogP contribution in [-0.4, -0.2) is 33.7 Å². The number of thioether (sulfide) groups is 6. The van der Waals surface area contributed by atoms with Gasteiger partial charge in [-0.1, -0.05) is 86.0 Å². The number of hydrogen-bond donors (Lipinski definition) is 2. The van der Waals surface area contributed by atoms with Crippen LogP contribution in [0, 0.1) is 3.82 Å². The van der Waals surface area contributed by atoms with Gasteiger partial charge in [0.15, 0.2) is 0 Å². The van der Waals surface area contributed by atoms with Gasteiger partial charge in [-0.05, 0) is 24.3 Å². The van der Waals surface area contributed by atoms with Crippen LogP contribution in [0.5, 0.6) is 0 Å². The van der Waals surface area contributed by atoms with Crippen LogP contribution in [0.1, 0.15) is 39.5 Å². The minimum Gasteiger partial charge on any atom is -0.477 e. The van der Waals surface area contributed by atoms with Crippen LogP contribution in [-0.2, 0) is 9.59 Å². The number of carboxylic acid groups (broad SMARTS) is 2. The quantitative estimate of drug-likeness (QED) is 0.211. The summed E-state index contributed by atoms with van der Waals surface area (Å²) >= 11 is 17.5. The lowest BCUT2D eigenvalue weighted by atomic mass is 10.4. The van der Waals surface area contributed by atoms with E-state index in [1.165, 1.54) is 58.4 Å². The van der Waals surface area contributed by atoms with Crippen LogP contribution in [0.25, 0.3) is 8.47 Å². The van der Waals surface area contributed by atoms with Crippen LogP contribution in [0.3, 0.4) is 0 Å². The molecule has 13 heteroatoms. The summed E-state index contributed by atoms with van der Waals surface area (Å²) in [6, 6.07) is 0. The van der Waals surface area contributed by atoms with Crippen LogP contribution in [0.15, 0.2) is 18.3 Å². The first-order chi connectivity index (χ1) is 15.3. The topological polar surface area (TPSA) is 74.6 Å². The normalized spacial score (nSPS) is 19.9. The fourth-order valence-electron chi connectivity index (χ4n) is 2.31. The molecule has 174 valence electrons. The number of aliphatic carboxylic acids is 2. The Balaban J connectivity index is 1.90. The molecular weight excluding hydrogens is 581 g/mol. The molecule has 3 rings (SSSR count). The van der Waals surface area contributed by atoms with Gasteiger partial charge in [0.1, 0.15) is 17.5 Å². The van der Waals surface area contributed by atoms with Crippen LogP contribution < -0.4 is 8.38 Å². The standard InChI is InChI=1S/C19H20O4S9/c1-3-5-7-25-15-9(12(20)21)27-17(31-15)11-14(24)30-18(29-11)19-28-10(13(22)23)16(32-19)26-8-6-4-2/h3-8H2,1-2H3,(H,20,21)(H,22,23)/b17-11+,19-18+. The van der Waals surface area contributed by atoms with Crippen LogP contribution in [0.2, 0.25) is 0 Å². The Kier molecular flexibility index (Phi) is 11.0. The highest BCUT2D eigenvalue weighted by atomic mass is 32.2. The second-order valence-electron chi connectivity index (χ2n) is 6.34. The van der Waals surface area contributed by atoms with Gasteiger partial charge in [0.25, 0.3) is 0 Å². The number of carbonyl (C=O) groups is 2. The monoisotopic (exact) mass is 600 g/mol. The second-order valence-corrected chi connectivity index (χ2v) is 16.6. The van der Waals surface area contributed by atoms with Crippen molar-refractivity contribution in [2.45, 2.75) is 39.5 Å². The molecule has 0 amide bonds. The predicted octanol–water partition coefficient (Wildman–Crippen LogP) is 7.20. The Morgan fingerprint density at radius 1 is 0.812 bits per heavy atom. The molecule has 0 atom stereocenters. The van der Waals surface area contributed by atoms with Crippen molar-refractivity contribution in [1.82, 2.24) is 0 Å². The van der Waals surface area contributed by atoms with Crippen molar-refractivity contribution in [3.8, 4) is 0 Å².